The molecule has 2 heteroatoms. The van der Waals surface area contributed by atoms with Gasteiger partial charge in [-0.3, -0.25) is 0 Å². The van der Waals surface area contributed by atoms with Gasteiger partial charge in [-0.05, 0) is 37.1 Å². The molecule has 0 fully saturated rings. The van der Waals surface area contributed by atoms with Crippen LogP contribution in [0.25, 0.3) is 0 Å². The molecule has 84 valence electrons. The Morgan fingerprint density at radius 1 is 1.27 bits per heavy atom. The van der Waals surface area contributed by atoms with E-state index in [-0.39, 0.29) is 0 Å². The molecule has 0 atom stereocenters. The molecule has 1 aromatic carbocycles. The van der Waals surface area contributed by atoms with Crippen LogP contribution in [0.2, 0.25) is 0 Å². The van der Waals surface area contributed by atoms with Crippen molar-refractivity contribution in [2.24, 2.45) is 5.92 Å². The first-order valence-electron chi connectivity index (χ1n) is 5.56. The second-order valence-electron chi connectivity index (χ2n) is 4.16. The molecule has 0 heterocycles. The molecule has 0 aliphatic carbocycles. The minimum atomic E-state index is 0.711. The second kappa shape index (κ2) is 6.46. The summed E-state index contributed by atoms with van der Waals surface area (Å²) in [5, 5.41) is 3.43. The molecule has 0 aliphatic heterocycles. The number of hydrogen-bond donors (Lipinski definition) is 1. The van der Waals surface area contributed by atoms with E-state index in [1.807, 2.05) is 12.1 Å². The van der Waals surface area contributed by atoms with E-state index in [0.717, 1.165) is 25.3 Å². The first-order chi connectivity index (χ1) is 7.24. The Hall–Kier alpha value is -1.02. The maximum Gasteiger partial charge on any atom is 0.122 e. The molecule has 15 heavy (non-hydrogen) atoms. The summed E-state index contributed by atoms with van der Waals surface area (Å²) in [6, 6.07) is 8.19. The van der Waals surface area contributed by atoms with E-state index in [9.17, 15) is 0 Å². The van der Waals surface area contributed by atoms with Crippen LogP contribution in [-0.4, -0.2) is 20.2 Å². The molecule has 1 rings (SSSR count). The van der Waals surface area contributed by atoms with Gasteiger partial charge in [-0.15, -0.1) is 0 Å². The van der Waals surface area contributed by atoms with Crippen molar-refractivity contribution in [1.29, 1.82) is 0 Å². The van der Waals surface area contributed by atoms with Crippen molar-refractivity contribution < 1.29 is 4.74 Å². The molecule has 1 aromatic rings. The highest BCUT2D eigenvalue weighted by molar-refractivity contribution is 5.33. The lowest BCUT2D eigenvalue weighted by Gasteiger charge is -2.10. The number of nitrogens with one attached hydrogen (secondary N) is 1. The maximum atomic E-state index is 5.30. The Morgan fingerprint density at radius 3 is 2.67 bits per heavy atom. The first-order valence-corrected chi connectivity index (χ1v) is 5.56. The SMILES string of the molecule is COc1ccccc1CCNCC(C)C. The molecule has 0 aromatic heterocycles. The molecule has 0 amide bonds. The quantitative estimate of drug-likeness (QED) is 0.724. The van der Waals surface area contributed by atoms with Gasteiger partial charge in [-0.2, -0.15) is 0 Å². The third-order valence-corrected chi connectivity index (χ3v) is 2.32. The largest absolute Gasteiger partial charge is 0.496 e. The van der Waals surface area contributed by atoms with Crippen LogP contribution in [0, 0.1) is 5.92 Å². The van der Waals surface area contributed by atoms with E-state index in [1.165, 1.54) is 5.56 Å². The van der Waals surface area contributed by atoms with Crippen LogP contribution in [0.3, 0.4) is 0 Å². The first kappa shape index (κ1) is 12.1. The number of ether oxygens (including phenoxy) is 1. The Kier molecular flexibility index (Phi) is 5.19. The van der Waals surface area contributed by atoms with Crippen molar-refractivity contribution in [2.75, 3.05) is 20.2 Å². The Balaban J connectivity index is 2.36. The second-order valence-corrected chi connectivity index (χ2v) is 4.16. The highest BCUT2D eigenvalue weighted by Crippen LogP contribution is 2.17. The van der Waals surface area contributed by atoms with E-state index in [2.05, 4.69) is 31.3 Å². The summed E-state index contributed by atoms with van der Waals surface area (Å²) in [7, 11) is 1.72. The van der Waals surface area contributed by atoms with Gasteiger partial charge in [0.25, 0.3) is 0 Å². The Labute approximate surface area is 92.6 Å². The van der Waals surface area contributed by atoms with E-state index in [0.29, 0.717) is 5.92 Å². The van der Waals surface area contributed by atoms with E-state index in [4.69, 9.17) is 4.74 Å². The zero-order valence-electron chi connectivity index (χ0n) is 9.92. The normalized spacial score (nSPS) is 10.7. The molecule has 2 nitrogen and oxygen atoms in total. The highest BCUT2D eigenvalue weighted by atomic mass is 16.5. The Bertz CT molecular complexity index is 284. The summed E-state index contributed by atoms with van der Waals surface area (Å²) in [4.78, 5) is 0. The summed E-state index contributed by atoms with van der Waals surface area (Å²) < 4.78 is 5.30. The molecule has 0 unspecified atom stereocenters. The third-order valence-electron chi connectivity index (χ3n) is 2.32. The average molecular weight is 207 g/mol. The standard InChI is InChI=1S/C13H21NO/c1-11(2)10-14-9-8-12-6-4-5-7-13(12)15-3/h4-7,11,14H,8-10H2,1-3H3. The lowest BCUT2D eigenvalue weighted by atomic mass is 10.1. The fourth-order valence-corrected chi connectivity index (χ4v) is 1.52. The summed E-state index contributed by atoms with van der Waals surface area (Å²) in [5.74, 6) is 1.70. The molecule has 0 spiro atoms. The van der Waals surface area contributed by atoms with E-state index in [1.54, 1.807) is 7.11 Å². The highest BCUT2D eigenvalue weighted by Gasteiger charge is 2.00. The zero-order chi connectivity index (χ0) is 11.1. The summed E-state index contributed by atoms with van der Waals surface area (Å²) in [6.45, 7) is 6.53. The van der Waals surface area contributed by atoms with Gasteiger partial charge in [0.15, 0.2) is 0 Å². The van der Waals surface area contributed by atoms with Gasteiger partial charge in [0, 0.05) is 0 Å². The summed E-state index contributed by atoms with van der Waals surface area (Å²) in [5.41, 5.74) is 1.27. The third kappa shape index (κ3) is 4.34. The average Bonchev–Trinajstić information content (AvgIpc) is 2.24. The Morgan fingerprint density at radius 2 is 2.00 bits per heavy atom. The lowest BCUT2D eigenvalue weighted by Crippen LogP contribution is -2.22. The number of hydrogen-bond acceptors (Lipinski definition) is 2. The summed E-state index contributed by atoms with van der Waals surface area (Å²) >= 11 is 0. The molecule has 0 radical (unpaired) electrons. The topological polar surface area (TPSA) is 21.3 Å². The van der Waals surface area contributed by atoms with Gasteiger partial charge < -0.3 is 10.1 Å². The van der Waals surface area contributed by atoms with Crippen LogP contribution in [0.5, 0.6) is 5.75 Å². The van der Waals surface area contributed by atoms with Crippen LogP contribution in [0.1, 0.15) is 19.4 Å². The fraction of sp³-hybridized carbons (Fsp3) is 0.538. The summed E-state index contributed by atoms with van der Waals surface area (Å²) in [6.07, 6.45) is 1.02. The smallest absolute Gasteiger partial charge is 0.122 e. The van der Waals surface area contributed by atoms with Gasteiger partial charge >= 0.3 is 0 Å². The predicted octanol–water partition coefficient (Wildman–Crippen LogP) is 2.48. The van der Waals surface area contributed by atoms with Crippen molar-refractivity contribution in [3.63, 3.8) is 0 Å². The van der Waals surface area contributed by atoms with Gasteiger partial charge in [0.05, 0.1) is 7.11 Å². The molecule has 1 N–H and O–H groups in total. The van der Waals surface area contributed by atoms with Crippen LogP contribution < -0.4 is 10.1 Å². The number of rotatable bonds is 6. The van der Waals surface area contributed by atoms with Crippen molar-refractivity contribution in [2.45, 2.75) is 20.3 Å². The van der Waals surface area contributed by atoms with Crippen LogP contribution in [0.15, 0.2) is 24.3 Å². The van der Waals surface area contributed by atoms with E-state index >= 15 is 0 Å². The van der Waals surface area contributed by atoms with Crippen molar-refractivity contribution in [1.82, 2.24) is 5.32 Å². The van der Waals surface area contributed by atoms with Crippen LogP contribution >= 0.6 is 0 Å². The fourth-order valence-electron chi connectivity index (χ4n) is 1.52. The van der Waals surface area contributed by atoms with Gasteiger partial charge in [-0.1, -0.05) is 32.0 Å². The molecular formula is C13H21NO. The minimum absolute atomic E-state index is 0.711. The molecular weight excluding hydrogens is 186 g/mol. The van der Waals surface area contributed by atoms with Gasteiger partial charge in [0.2, 0.25) is 0 Å². The minimum Gasteiger partial charge on any atom is -0.496 e. The molecule has 0 bridgehead atoms. The van der Waals surface area contributed by atoms with Gasteiger partial charge in [0.1, 0.15) is 5.75 Å². The lowest BCUT2D eigenvalue weighted by molar-refractivity contribution is 0.409. The molecule has 0 saturated carbocycles. The molecule has 0 saturated heterocycles. The number of benzene rings is 1. The van der Waals surface area contributed by atoms with Crippen molar-refractivity contribution in [3.05, 3.63) is 29.8 Å². The number of para-hydroxylation sites is 1. The maximum absolute atomic E-state index is 5.30. The van der Waals surface area contributed by atoms with Crippen molar-refractivity contribution >= 4 is 0 Å². The van der Waals surface area contributed by atoms with Gasteiger partial charge in [-0.25, -0.2) is 0 Å². The van der Waals surface area contributed by atoms with Crippen molar-refractivity contribution in [3.8, 4) is 5.75 Å². The van der Waals surface area contributed by atoms with Crippen LogP contribution in [-0.2, 0) is 6.42 Å². The monoisotopic (exact) mass is 207 g/mol. The van der Waals surface area contributed by atoms with E-state index < -0.39 is 0 Å². The predicted molar refractivity (Wildman–Crippen MR) is 64.4 cm³/mol. The van der Waals surface area contributed by atoms with Crippen LogP contribution in [0.4, 0.5) is 0 Å². The molecule has 0 aliphatic rings. The number of methoxy groups -OCH3 is 1. The zero-order valence-corrected chi connectivity index (χ0v) is 9.92.